The molecule has 0 bridgehead atoms. The lowest BCUT2D eigenvalue weighted by atomic mass is 10.0. The Morgan fingerprint density at radius 3 is 1.56 bits per heavy atom. The van der Waals surface area contributed by atoms with Crippen molar-refractivity contribution in [1.82, 2.24) is 4.90 Å². The molecule has 8 heteroatoms. The molecule has 43 heavy (non-hydrogen) atoms. The van der Waals surface area contributed by atoms with Crippen molar-refractivity contribution >= 4 is 11.9 Å². The Labute approximate surface area is 251 Å². The molecule has 0 atom stereocenters. The second kappa shape index (κ2) is 15.4. The first-order chi connectivity index (χ1) is 20.9. The van der Waals surface area contributed by atoms with Crippen LogP contribution in [-0.4, -0.2) is 35.0 Å². The molecule has 0 saturated carbocycles. The number of rotatable bonds is 10. The number of carboxylic acid groups (broad SMARTS) is 1. The predicted molar refractivity (Wildman–Crippen MR) is 160 cm³/mol. The lowest BCUT2D eigenvalue weighted by Gasteiger charge is -2.31. The van der Waals surface area contributed by atoms with E-state index in [0.717, 1.165) is 36.2 Å². The van der Waals surface area contributed by atoms with Gasteiger partial charge in [-0.3, -0.25) is 9.59 Å². The zero-order valence-corrected chi connectivity index (χ0v) is 23.6. The quantitative estimate of drug-likeness (QED) is 0.259. The molecule has 0 radical (unpaired) electrons. The standard InChI is InChI=1S/C19H18N2O2.C16H13NO3/c20-13-17-11-18(23-14-15-5-2-1-3-6-15)8-7-16(17)12-19(22)21-9-4-10-21;17-10-14-8-15(7-6-13(14)9-16(18)19)20-11-12-4-2-1-3-5-12/h1-3,5-8,11H,4,9-10,12,14H2;1-8H,9,11H2,(H,18,19). The molecule has 1 aliphatic rings. The summed E-state index contributed by atoms with van der Waals surface area (Å²) in [5, 5.41) is 27.1. The maximum Gasteiger partial charge on any atom is 0.307 e. The Kier molecular flexibility index (Phi) is 10.9. The fourth-order valence-corrected chi connectivity index (χ4v) is 4.29. The van der Waals surface area contributed by atoms with Crippen LogP contribution in [0.2, 0.25) is 0 Å². The first-order valence-electron chi connectivity index (χ1n) is 13.8. The van der Waals surface area contributed by atoms with Crippen LogP contribution in [0.4, 0.5) is 0 Å². The number of ether oxygens (including phenoxy) is 2. The summed E-state index contributed by atoms with van der Waals surface area (Å²) in [5.41, 5.74) is 4.19. The molecule has 4 aromatic rings. The molecule has 8 nitrogen and oxygen atoms in total. The van der Waals surface area contributed by atoms with Crippen molar-refractivity contribution in [1.29, 1.82) is 10.5 Å². The average Bonchev–Trinajstić information content (AvgIpc) is 3.00. The lowest BCUT2D eigenvalue weighted by molar-refractivity contribution is -0.136. The molecule has 1 amide bonds. The molecular weight excluding hydrogens is 542 g/mol. The van der Waals surface area contributed by atoms with Crippen molar-refractivity contribution in [2.45, 2.75) is 32.5 Å². The van der Waals surface area contributed by atoms with E-state index in [1.54, 1.807) is 24.3 Å². The zero-order valence-electron chi connectivity index (χ0n) is 23.6. The van der Waals surface area contributed by atoms with E-state index in [0.29, 0.717) is 41.4 Å². The second-order valence-electron chi connectivity index (χ2n) is 9.89. The molecule has 1 heterocycles. The number of likely N-dealkylation sites (tertiary alicyclic amines) is 1. The number of nitrogens with zero attached hydrogens (tertiary/aromatic N) is 3. The minimum Gasteiger partial charge on any atom is -0.489 e. The van der Waals surface area contributed by atoms with E-state index in [9.17, 15) is 14.9 Å². The number of amides is 1. The Hall–Kier alpha value is -5.60. The first-order valence-corrected chi connectivity index (χ1v) is 13.8. The molecule has 0 spiro atoms. The van der Waals surface area contributed by atoms with Gasteiger partial charge in [-0.2, -0.15) is 10.5 Å². The van der Waals surface area contributed by atoms with Gasteiger partial charge in [-0.25, -0.2) is 0 Å². The smallest absolute Gasteiger partial charge is 0.307 e. The van der Waals surface area contributed by atoms with E-state index >= 15 is 0 Å². The topological polar surface area (TPSA) is 124 Å². The van der Waals surface area contributed by atoms with Crippen molar-refractivity contribution < 1.29 is 24.2 Å². The fraction of sp³-hybridized carbons (Fsp3) is 0.200. The fourth-order valence-electron chi connectivity index (χ4n) is 4.29. The van der Waals surface area contributed by atoms with Crippen LogP contribution in [0.15, 0.2) is 97.1 Å². The number of hydrogen-bond donors (Lipinski definition) is 1. The van der Waals surface area contributed by atoms with E-state index in [1.807, 2.05) is 83.8 Å². The van der Waals surface area contributed by atoms with E-state index < -0.39 is 5.97 Å². The minimum atomic E-state index is -0.959. The summed E-state index contributed by atoms with van der Waals surface area (Å²) in [5.74, 6) is 0.329. The predicted octanol–water partition coefficient (Wildman–Crippen LogP) is 5.68. The highest BCUT2D eigenvalue weighted by Crippen LogP contribution is 2.21. The highest BCUT2D eigenvalue weighted by molar-refractivity contribution is 5.80. The van der Waals surface area contributed by atoms with E-state index in [1.165, 1.54) is 0 Å². The largest absolute Gasteiger partial charge is 0.489 e. The summed E-state index contributed by atoms with van der Waals surface area (Å²) in [6.07, 6.45) is 1.19. The van der Waals surface area contributed by atoms with Crippen molar-refractivity contribution in [3.05, 3.63) is 130 Å². The first kappa shape index (κ1) is 30.4. The number of aliphatic carboxylic acids is 1. The Bertz CT molecular complexity index is 1620. The summed E-state index contributed by atoms with van der Waals surface area (Å²) in [6, 6.07) is 33.9. The third kappa shape index (κ3) is 9.21. The van der Waals surface area contributed by atoms with E-state index in [2.05, 4.69) is 6.07 Å². The van der Waals surface area contributed by atoms with Crippen LogP contribution in [0.25, 0.3) is 0 Å². The van der Waals surface area contributed by atoms with Gasteiger partial charge < -0.3 is 19.5 Å². The minimum absolute atomic E-state index is 0.0886. The van der Waals surface area contributed by atoms with Crippen molar-refractivity contribution in [2.24, 2.45) is 0 Å². The molecular formula is C35H31N3O5. The van der Waals surface area contributed by atoms with Gasteiger partial charge in [0.25, 0.3) is 0 Å². The number of carbonyl (C=O) groups excluding carboxylic acids is 1. The van der Waals surface area contributed by atoms with Gasteiger partial charge in [-0.15, -0.1) is 0 Å². The molecule has 1 N–H and O–H groups in total. The van der Waals surface area contributed by atoms with Gasteiger partial charge in [-0.05, 0) is 52.9 Å². The molecule has 1 aliphatic heterocycles. The number of carbonyl (C=O) groups is 2. The summed E-state index contributed by atoms with van der Waals surface area (Å²) in [4.78, 5) is 24.6. The Balaban J connectivity index is 0.000000199. The van der Waals surface area contributed by atoms with Crippen LogP contribution in [0, 0.1) is 22.7 Å². The average molecular weight is 574 g/mol. The zero-order chi connectivity index (χ0) is 30.4. The van der Waals surface area contributed by atoms with Crippen LogP contribution >= 0.6 is 0 Å². The normalized spacial score (nSPS) is 11.5. The number of hydrogen-bond acceptors (Lipinski definition) is 6. The lowest BCUT2D eigenvalue weighted by Crippen LogP contribution is -2.42. The van der Waals surface area contributed by atoms with Gasteiger partial charge >= 0.3 is 5.97 Å². The van der Waals surface area contributed by atoms with Crippen molar-refractivity contribution in [2.75, 3.05) is 13.1 Å². The van der Waals surface area contributed by atoms with E-state index in [-0.39, 0.29) is 18.7 Å². The number of nitriles is 2. The maximum absolute atomic E-state index is 12.0. The molecule has 5 rings (SSSR count). The molecule has 0 unspecified atom stereocenters. The molecule has 4 aromatic carbocycles. The van der Waals surface area contributed by atoms with E-state index in [4.69, 9.17) is 19.8 Å². The van der Waals surface area contributed by atoms with Gasteiger partial charge in [-0.1, -0.05) is 72.8 Å². The molecule has 216 valence electrons. The third-order valence-corrected chi connectivity index (χ3v) is 6.79. The molecule has 0 aliphatic carbocycles. The van der Waals surface area contributed by atoms with Crippen LogP contribution in [0.1, 0.15) is 39.8 Å². The highest BCUT2D eigenvalue weighted by atomic mass is 16.5. The number of benzene rings is 4. The van der Waals surface area contributed by atoms with Crippen LogP contribution < -0.4 is 9.47 Å². The second-order valence-corrected chi connectivity index (χ2v) is 9.89. The van der Waals surface area contributed by atoms with Crippen molar-refractivity contribution in [3.8, 4) is 23.6 Å². The van der Waals surface area contributed by atoms with Gasteiger partial charge in [0, 0.05) is 13.1 Å². The van der Waals surface area contributed by atoms with Crippen LogP contribution in [0.5, 0.6) is 11.5 Å². The van der Waals surface area contributed by atoms with Gasteiger partial charge in [0.2, 0.25) is 5.91 Å². The maximum atomic E-state index is 12.0. The highest BCUT2D eigenvalue weighted by Gasteiger charge is 2.21. The molecule has 0 aromatic heterocycles. The summed E-state index contributed by atoms with van der Waals surface area (Å²) in [7, 11) is 0. The van der Waals surface area contributed by atoms with Gasteiger partial charge in [0.15, 0.2) is 0 Å². The summed E-state index contributed by atoms with van der Waals surface area (Å²) < 4.78 is 11.3. The number of carboxylic acids is 1. The Morgan fingerprint density at radius 2 is 1.16 bits per heavy atom. The summed E-state index contributed by atoms with van der Waals surface area (Å²) >= 11 is 0. The van der Waals surface area contributed by atoms with Gasteiger partial charge in [0.1, 0.15) is 24.7 Å². The molecule has 1 saturated heterocycles. The van der Waals surface area contributed by atoms with Crippen LogP contribution in [0.3, 0.4) is 0 Å². The van der Waals surface area contributed by atoms with Gasteiger partial charge in [0.05, 0.1) is 36.1 Å². The Morgan fingerprint density at radius 1 is 0.698 bits per heavy atom. The summed E-state index contributed by atoms with van der Waals surface area (Å²) in [6.45, 7) is 2.53. The monoisotopic (exact) mass is 573 g/mol. The molecule has 1 fully saturated rings. The van der Waals surface area contributed by atoms with Crippen molar-refractivity contribution in [3.63, 3.8) is 0 Å². The SMILES string of the molecule is N#Cc1cc(OCc2ccccc2)ccc1CC(=O)N1CCC1.N#Cc1cc(OCc2ccccc2)ccc1CC(=O)O. The van der Waals surface area contributed by atoms with Crippen LogP contribution in [-0.2, 0) is 35.6 Å². The third-order valence-electron chi connectivity index (χ3n) is 6.79.